The topological polar surface area (TPSA) is 93.2 Å². The van der Waals surface area contributed by atoms with Crippen LogP contribution in [-0.2, 0) is 13.1 Å². The minimum atomic E-state index is -0.404. The van der Waals surface area contributed by atoms with E-state index in [9.17, 15) is 10.1 Å². The van der Waals surface area contributed by atoms with Crippen molar-refractivity contribution >= 4 is 27.3 Å². The van der Waals surface area contributed by atoms with Crippen molar-refractivity contribution in [3.05, 3.63) is 50.7 Å². The van der Waals surface area contributed by atoms with Gasteiger partial charge in [-0.05, 0) is 12.1 Å². The van der Waals surface area contributed by atoms with E-state index < -0.39 is 4.92 Å². The van der Waals surface area contributed by atoms with Crippen molar-refractivity contribution < 1.29 is 10.0 Å². The molecule has 106 valence electrons. The zero-order valence-corrected chi connectivity index (χ0v) is 12.1. The summed E-state index contributed by atoms with van der Waals surface area (Å²) in [4.78, 5) is 10.5. The molecule has 0 aliphatic rings. The first-order valence-corrected chi connectivity index (χ1v) is 6.69. The number of nitro groups is 1. The van der Waals surface area contributed by atoms with E-state index in [2.05, 4.69) is 26.3 Å². The number of nitrogens with zero attached hydrogens (tertiary/aromatic N) is 3. The minimum absolute atomic E-state index is 0.0121. The fraction of sp³-hybridized carbons (Fsp3) is 0.250. The number of anilines is 1. The van der Waals surface area contributed by atoms with Crippen molar-refractivity contribution in [2.45, 2.75) is 13.1 Å². The number of hydrogen-bond donors (Lipinski definition) is 2. The lowest BCUT2D eigenvalue weighted by molar-refractivity contribution is -0.385. The van der Waals surface area contributed by atoms with Crippen LogP contribution in [0.4, 0.5) is 11.4 Å². The van der Waals surface area contributed by atoms with E-state index in [0.717, 1.165) is 10.2 Å². The van der Waals surface area contributed by atoms with Crippen molar-refractivity contribution in [3.63, 3.8) is 0 Å². The molecule has 1 aromatic heterocycles. The minimum Gasteiger partial charge on any atom is -0.394 e. The van der Waals surface area contributed by atoms with Crippen LogP contribution in [0.5, 0.6) is 0 Å². The van der Waals surface area contributed by atoms with Gasteiger partial charge < -0.3 is 10.4 Å². The Hall–Kier alpha value is -1.93. The van der Waals surface area contributed by atoms with Crippen LogP contribution in [0.15, 0.2) is 35.1 Å². The highest BCUT2D eigenvalue weighted by Crippen LogP contribution is 2.23. The number of nitrogens with one attached hydrogen (secondary N) is 1. The molecule has 0 saturated heterocycles. The molecule has 0 bridgehead atoms. The molecule has 0 radical (unpaired) electrons. The largest absolute Gasteiger partial charge is 0.394 e. The molecule has 7 nitrogen and oxygen atoms in total. The van der Waals surface area contributed by atoms with Gasteiger partial charge in [0.05, 0.1) is 30.0 Å². The highest BCUT2D eigenvalue weighted by molar-refractivity contribution is 9.10. The quantitative estimate of drug-likeness (QED) is 0.620. The lowest BCUT2D eigenvalue weighted by Gasteiger charge is -2.05. The molecule has 20 heavy (non-hydrogen) atoms. The number of halogens is 1. The maximum Gasteiger partial charge on any atom is 0.274 e. The van der Waals surface area contributed by atoms with Crippen molar-refractivity contribution in [2.75, 3.05) is 11.9 Å². The van der Waals surface area contributed by atoms with Gasteiger partial charge in [0.25, 0.3) is 5.69 Å². The Balaban J connectivity index is 2.09. The highest BCUT2D eigenvalue weighted by atomic mass is 79.9. The highest BCUT2D eigenvalue weighted by Gasteiger charge is 2.13. The third kappa shape index (κ3) is 3.55. The van der Waals surface area contributed by atoms with Crippen molar-refractivity contribution in [3.8, 4) is 0 Å². The second-order valence-electron chi connectivity index (χ2n) is 4.10. The first kappa shape index (κ1) is 14.5. The molecular weight excluding hydrogens is 328 g/mol. The summed E-state index contributed by atoms with van der Waals surface area (Å²) < 4.78 is 2.38. The van der Waals surface area contributed by atoms with Crippen LogP contribution in [0.2, 0.25) is 0 Å². The van der Waals surface area contributed by atoms with Crippen LogP contribution in [0.3, 0.4) is 0 Å². The maximum atomic E-state index is 11.0. The van der Waals surface area contributed by atoms with Gasteiger partial charge in [-0.25, -0.2) is 0 Å². The van der Waals surface area contributed by atoms with Crippen molar-refractivity contribution in [1.82, 2.24) is 9.78 Å². The average molecular weight is 341 g/mol. The number of rotatable bonds is 6. The summed E-state index contributed by atoms with van der Waals surface area (Å²) in [6.45, 7) is 0.748. The predicted molar refractivity (Wildman–Crippen MR) is 77.4 cm³/mol. The Morgan fingerprint density at radius 1 is 1.50 bits per heavy atom. The summed E-state index contributed by atoms with van der Waals surface area (Å²) in [6, 6.07) is 4.82. The summed E-state index contributed by atoms with van der Waals surface area (Å²) >= 11 is 3.30. The third-order valence-electron chi connectivity index (χ3n) is 2.68. The van der Waals surface area contributed by atoms with Gasteiger partial charge in [-0.2, -0.15) is 5.10 Å². The Bertz CT molecular complexity index is 614. The first-order valence-electron chi connectivity index (χ1n) is 5.90. The smallest absolute Gasteiger partial charge is 0.274 e. The van der Waals surface area contributed by atoms with Gasteiger partial charge >= 0.3 is 0 Å². The fourth-order valence-electron chi connectivity index (χ4n) is 1.75. The van der Waals surface area contributed by atoms with Crippen LogP contribution in [0, 0.1) is 10.1 Å². The van der Waals surface area contributed by atoms with Gasteiger partial charge in [0.15, 0.2) is 0 Å². The van der Waals surface area contributed by atoms with Crippen LogP contribution in [0.25, 0.3) is 0 Å². The fourth-order valence-corrected chi connectivity index (χ4v) is 2.16. The third-order valence-corrected chi connectivity index (χ3v) is 3.18. The molecule has 0 spiro atoms. The molecule has 0 unspecified atom stereocenters. The van der Waals surface area contributed by atoms with E-state index in [-0.39, 0.29) is 12.3 Å². The molecule has 0 amide bonds. The Labute approximate surface area is 123 Å². The lowest BCUT2D eigenvalue weighted by atomic mass is 10.2. The molecular formula is C12H13BrN4O3. The normalized spacial score (nSPS) is 10.5. The van der Waals surface area contributed by atoms with E-state index in [1.54, 1.807) is 29.2 Å². The zero-order valence-electron chi connectivity index (χ0n) is 10.5. The van der Waals surface area contributed by atoms with Gasteiger partial charge in [-0.15, -0.1) is 0 Å². The van der Waals surface area contributed by atoms with Crippen molar-refractivity contribution in [2.24, 2.45) is 0 Å². The molecule has 0 saturated carbocycles. The Morgan fingerprint density at radius 3 is 3.00 bits per heavy atom. The molecule has 0 aliphatic carbocycles. The second kappa shape index (κ2) is 6.49. The zero-order chi connectivity index (χ0) is 14.5. The van der Waals surface area contributed by atoms with Crippen LogP contribution in [-0.4, -0.2) is 26.4 Å². The predicted octanol–water partition coefficient (Wildman–Crippen LogP) is 2.16. The monoisotopic (exact) mass is 340 g/mol. The van der Waals surface area contributed by atoms with E-state index in [4.69, 9.17) is 5.11 Å². The van der Waals surface area contributed by atoms with E-state index >= 15 is 0 Å². The van der Waals surface area contributed by atoms with Crippen LogP contribution in [0.1, 0.15) is 5.56 Å². The molecule has 0 aliphatic heterocycles. The van der Waals surface area contributed by atoms with Gasteiger partial charge in [0.2, 0.25) is 0 Å². The molecule has 0 atom stereocenters. The lowest BCUT2D eigenvalue weighted by Crippen LogP contribution is -2.03. The Morgan fingerprint density at radius 2 is 2.30 bits per heavy atom. The molecule has 2 rings (SSSR count). The summed E-state index contributed by atoms with van der Waals surface area (Å²) in [5.74, 6) is 0. The van der Waals surface area contributed by atoms with E-state index in [1.807, 2.05) is 0 Å². The summed E-state index contributed by atoms with van der Waals surface area (Å²) in [6.07, 6.45) is 3.35. The molecule has 2 N–H and O–H groups in total. The number of aromatic nitrogens is 2. The summed E-state index contributed by atoms with van der Waals surface area (Å²) in [5.41, 5.74) is 1.40. The number of nitro benzene ring substituents is 1. The standard InChI is InChI=1S/C12H13BrN4O3/c13-10-1-2-12(17(19)20)9(5-10)6-14-11-7-15-16(8-11)3-4-18/h1-2,5,7-8,14,18H,3-4,6H2. The molecule has 1 aromatic carbocycles. The average Bonchev–Trinajstić information content (AvgIpc) is 2.84. The molecule has 1 heterocycles. The maximum absolute atomic E-state index is 11.0. The van der Waals surface area contributed by atoms with Crippen LogP contribution < -0.4 is 5.32 Å². The SMILES string of the molecule is O=[N+]([O-])c1ccc(Br)cc1CNc1cnn(CCO)c1. The first-order chi connectivity index (χ1) is 9.60. The van der Waals surface area contributed by atoms with Gasteiger partial charge in [0, 0.05) is 28.8 Å². The van der Waals surface area contributed by atoms with Crippen molar-refractivity contribution in [1.29, 1.82) is 0 Å². The number of aliphatic hydroxyl groups is 1. The Kier molecular flexibility index (Phi) is 4.70. The van der Waals surface area contributed by atoms with Gasteiger partial charge in [0.1, 0.15) is 0 Å². The number of aliphatic hydroxyl groups excluding tert-OH is 1. The molecule has 8 heteroatoms. The molecule has 0 fully saturated rings. The van der Waals surface area contributed by atoms with E-state index in [1.165, 1.54) is 6.07 Å². The van der Waals surface area contributed by atoms with Gasteiger partial charge in [-0.3, -0.25) is 14.8 Å². The van der Waals surface area contributed by atoms with Crippen LogP contribution >= 0.6 is 15.9 Å². The second-order valence-corrected chi connectivity index (χ2v) is 5.02. The molecule has 2 aromatic rings. The summed E-state index contributed by atoms with van der Waals surface area (Å²) in [7, 11) is 0. The number of hydrogen-bond acceptors (Lipinski definition) is 5. The summed E-state index contributed by atoms with van der Waals surface area (Å²) in [5, 5.41) is 26.9. The van der Waals surface area contributed by atoms with E-state index in [0.29, 0.717) is 18.7 Å². The van der Waals surface area contributed by atoms with Gasteiger partial charge in [-0.1, -0.05) is 15.9 Å². The number of benzene rings is 1.